The maximum atomic E-state index is 14.1. The number of ether oxygens (including phenoxy) is 2. The Labute approximate surface area is 197 Å². The van der Waals surface area contributed by atoms with Crippen LogP contribution in [0.1, 0.15) is 21.5 Å². The second-order valence-electron chi connectivity index (χ2n) is 8.37. The summed E-state index contributed by atoms with van der Waals surface area (Å²) in [6.07, 6.45) is 1.68. The molecule has 0 aliphatic carbocycles. The summed E-state index contributed by atoms with van der Waals surface area (Å²) in [4.78, 5) is 17.2. The molecule has 0 atom stereocenters. The van der Waals surface area contributed by atoms with Crippen LogP contribution in [0.3, 0.4) is 0 Å². The van der Waals surface area contributed by atoms with Crippen LogP contribution in [0, 0.1) is 5.82 Å². The highest BCUT2D eigenvalue weighted by Crippen LogP contribution is 2.40. The van der Waals surface area contributed by atoms with E-state index in [-0.39, 0.29) is 23.1 Å². The molecule has 0 aromatic heterocycles. The quantitative estimate of drug-likeness (QED) is 0.567. The summed E-state index contributed by atoms with van der Waals surface area (Å²) in [6.45, 7) is 3.14. The molecule has 174 valence electrons. The second-order valence-corrected chi connectivity index (χ2v) is 8.37. The van der Waals surface area contributed by atoms with Gasteiger partial charge in [-0.05, 0) is 48.0 Å². The molecule has 0 saturated carbocycles. The van der Waals surface area contributed by atoms with Crippen LogP contribution in [0.4, 0.5) is 10.1 Å². The first-order valence-electron chi connectivity index (χ1n) is 11.2. The van der Waals surface area contributed by atoms with Gasteiger partial charge in [-0.1, -0.05) is 24.3 Å². The van der Waals surface area contributed by atoms with E-state index in [2.05, 4.69) is 4.90 Å². The smallest absolute Gasteiger partial charge is 0.231 e. The van der Waals surface area contributed by atoms with Crippen LogP contribution >= 0.6 is 0 Å². The Balaban J connectivity index is 1.33. The van der Waals surface area contributed by atoms with Crippen LogP contribution in [0.2, 0.25) is 0 Å². The maximum Gasteiger partial charge on any atom is 0.231 e. The zero-order valence-corrected chi connectivity index (χ0v) is 18.8. The van der Waals surface area contributed by atoms with Gasteiger partial charge in [-0.2, -0.15) is 0 Å². The molecule has 3 aromatic rings. The Hall–Kier alpha value is -3.84. The van der Waals surface area contributed by atoms with Crippen molar-refractivity contribution >= 4 is 17.5 Å². The molecule has 0 unspecified atom stereocenters. The van der Waals surface area contributed by atoms with Gasteiger partial charge in [-0.3, -0.25) is 9.69 Å². The third-order valence-corrected chi connectivity index (χ3v) is 6.25. The number of carbonyl (C=O) groups is 1. The SMILES string of the molecule is COc1cccc(/C=C2\Oc3c(ccc(O)c3CN3CCN(c4ccccc4F)CC3)C2=O)c1. The van der Waals surface area contributed by atoms with Crippen molar-refractivity contribution in [3.63, 3.8) is 0 Å². The highest BCUT2D eigenvalue weighted by Gasteiger charge is 2.32. The molecule has 0 spiro atoms. The normalized spacial score (nSPS) is 17.1. The number of carbonyl (C=O) groups excluding carboxylic acids is 1. The minimum atomic E-state index is -0.225. The molecule has 5 rings (SSSR count). The fraction of sp³-hybridized carbons (Fsp3) is 0.222. The van der Waals surface area contributed by atoms with Crippen LogP contribution in [0.5, 0.6) is 17.2 Å². The molecule has 2 heterocycles. The Morgan fingerprint density at radius 1 is 1.06 bits per heavy atom. The maximum absolute atomic E-state index is 14.1. The minimum absolute atomic E-state index is 0.0886. The van der Waals surface area contributed by atoms with Gasteiger partial charge < -0.3 is 19.5 Å². The van der Waals surface area contributed by atoms with Crippen LogP contribution in [-0.2, 0) is 6.54 Å². The van der Waals surface area contributed by atoms with Crippen LogP contribution in [-0.4, -0.2) is 49.1 Å². The standard InChI is InChI=1S/C27H25FN2O4/c1-33-19-6-4-5-18(15-19)16-25-26(32)20-9-10-24(31)21(27(20)34-25)17-29-11-13-30(14-12-29)23-8-3-2-7-22(23)28/h2-10,15-16,31H,11-14,17H2,1H3/b25-16-. The lowest BCUT2D eigenvalue weighted by Gasteiger charge is -2.36. The highest BCUT2D eigenvalue weighted by atomic mass is 19.1. The first kappa shape index (κ1) is 22.0. The van der Waals surface area contributed by atoms with Crippen LogP contribution in [0.25, 0.3) is 6.08 Å². The molecule has 2 aliphatic rings. The van der Waals surface area contributed by atoms with Gasteiger partial charge >= 0.3 is 0 Å². The van der Waals surface area contributed by atoms with Gasteiger partial charge in [0.2, 0.25) is 5.78 Å². The summed E-state index contributed by atoms with van der Waals surface area (Å²) in [6, 6.07) is 17.3. The van der Waals surface area contributed by atoms with Crippen LogP contribution < -0.4 is 14.4 Å². The summed E-state index contributed by atoms with van der Waals surface area (Å²) >= 11 is 0. The summed E-state index contributed by atoms with van der Waals surface area (Å²) in [7, 11) is 1.59. The van der Waals surface area contributed by atoms with Crippen LogP contribution in [0.15, 0.2) is 66.4 Å². The zero-order chi connectivity index (χ0) is 23.7. The third-order valence-electron chi connectivity index (χ3n) is 6.25. The third kappa shape index (κ3) is 4.22. The number of anilines is 1. The lowest BCUT2D eigenvalue weighted by molar-refractivity contribution is 0.101. The molecule has 1 saturated heterocycles. The van der Waals surface area contributed by atoms with Crippen molar-refractivity contribution in [3.8, 4) is 17.2 Å². The summed E-state index contributed by atoms with van der Waals surface area (Å²) < 4.78 is 25.4. The number of methoxy groups -OCH3 is 1. The van der Waals surface area contributed by atoms with E-state index in [4.69, 9.17) is 9.47 Å². The van der Waals surface area contributed by atoms with E-state index in [9.17, 15) is 14.3 Å². The number of phenolic OH excluding ortho intramolecular Hbond substituents is 1. The number of hydrogen-bond donors (Lipinski definition) is 1. The van der Waals surface area contributed by atoms with Crippen molar-refractivity contribution in [2.75, 3.05) is 38.2 Å². The predicted octanol–water partition coefficient (Wildman–Crippen LogP) is 4.48. The Bertz CT molecular complexity index is 1270. The molecule has 0 bridgehead atoms. The average molecular weight is 461 g/mol. The Morgan fingerprint density at radius 3 is 2.62 bits per heavy atom. The number of allylic oxidation sites excluding steroid dienone is 1. The summed E-state index contributed by atoms with van der Waals surface area (Å²) in [5.41, 5.74) is 2.41. The number of halogens is 1. The molecule has 2 aliphatic heterocycles. The van der Waals surface area contributed by atoms with E-state index in [1.165, 1.54) is 6.07 Å². The molecule has 1 N–H and O–H groups in total. The number of fused-ring (bicyclic) bond motifs is 1. The molecule has 7 heteroatoms. The van der Waals surface area contributed by atoms with E-state index >= 15 is 0 Å². The average Bonchev–Trinajstić information content (AvgIpc) is 3.17. The number of phenols is 1. The molecule has 0 radical (unpaired) electrons. The number of hydrogen-bond acceptors (Lipinski definition) is 6. The van der Waals surface area contributed by atoms with Gasteiger partial charge in [-0.25, -0.2) is 4.39 Å². The van der Waals surface area contributed by atoms with E-state index in [0.29, 0.717) is 61.0 Å². The fourth-order valence-electron chi connectivity index (χ4n) is 4.41. The lowest BCUT2D eigenvalue weighted by Crippen LogP contribution is -2.46. The number of ketones is 1. The lowest BCUT2D eigenvalue weighted by atomic mass is 10.0. The van der Waals surface area contributed by atoms with Gasteiger partial charge in [0.1, 0.15) is 23.1 Å². The second kappa shape index (κ2) is 9.19. The van der Waals surface area contributed by atoms with Gasteiger partial charge in [0, 0.05) is 32.7 Å². The van der Waals surface area contributed by atoms with Gasteiger partial charge in [0.25, 0.3) is 0 Å². The first-order chi connectivity index (χ1) is 16.5. The summed E-state index contributed by atoms with van der Waals surface area (Å²) in [5.74, 6) is 0.936. The molecular formula is C27H25FN2O4. The van der Waals surface area contributed by atoms with Crippen molar-refractivity contribution in [1.29, 1.82) is 0 Å². The van der Waals surface area contributed by atoms with E-state index < -0.39 is 0 Å². The van der Waals surface area contributed by atoms with Crippen molar-refractivity contribution in [2.45, 2.75) is 6.54 Å². The number of rotatable bonds is 5. The Kier molecular flexibility index (Phi) is 5.94. The number of benzene rings is 3. The van der Waals surface area contributed by atoms with Gasteiger partial charge in [-0.15, -0.1) is 0 Å². The molecule has 0 amide bonds. The van der Waals surface area contributed by atoms with E-state index in [0.717, 1.165) is 5.56 Å². The fourth-order valence-corrected chi connectivity index (χ4v) is 4.41. The predicted molar refractivity (Wildman–Crippen MR) is 128 cm³/mol. The molecule has 6 nitrogen and oxygen atoms in total. The molecule has 1 fully saturated rings. The molecule has 3 aromatic carbocycles. The van der Waals surface area contributed by atoms with Crippen molar-refractivity contribution in [1.82, 2.24) is 4.90 Å². The number of nitrogens with zero attached hydrogens (tertiary/aromatic N) is 2. The van der Waals surface area contributed by atoms with Gasteiger partial charge in [0.15, 0.2) is 5.76 Å². The molecule has 34 heavy (non-hydrogen) atoms. The number of para-hydroxylation sites is 1. The minimum Gasteiger partial charge on any atom is -0.507 e. The van der Waals surface area contributed by atoms with Crippen molar-refractivity contribution in [2.24, 2.45) is 0 Å². The first-order valence-corrected chi connectivity index (χ1v) is 11.2. The Morgan fingerprint density at radius 2 is 1.85 bits per heavy atom. The number of piperazine rings is 1. The van der Waals surface area contributed by atoms with Gasteiger partial charge in [0.05, 0.1) is 23.9 Å². The zero-order valence-electron chi connectivity index (χ0n) is 18.8. The number of aromatic hydroxyl groups is 1. The highest BCUT2D eigenvalue weighted by molar-refractivity contribution is 6.15. The monoisotopic (exact) mass is 460 g/mol. The topological polar surface area (TPSA) is 62.2 Å². The molecular weight excluding hydrogens is 435 g/mol. The van der Waals surface area contributed by atoms with Crippen molar-refractivity contribution < 1.29 is 23.8 Å². The van der Waals surface area contributed by atoms with Crippen molar-refractivity contribution in [3.05, 3.63) is 88.9 Å². The van der Waals surface area contributed by atoms with E-state index in [1.54, 1.807) is 37.5 Å². The number of Topliss-reactive ketones (excluding diaryl/α,β-unsaturated/α-hetero) is 1. The van der Waals surface area contributed by atoms with E-state index in [1.807, 2.05) is 35.2 Å². The largest absolute Gasteiger partial charge is 0.507 e. The summed E-state index contributed by atoms with van der Waals surface area (Å²) in [5, 5.41) is 10.6.